The molecular formula is C15H21ClO2. The van der Waals surface area contributed by atoms with Gasteiger partial charge in [0.1, 0.15) is 5.75 Å². The third kappa shape index (κ3) is 3.39. The standard InChI is InChI=1S/C15H21ClO2/c1-10-4-3-5-13(8-10)18-15-7-6-12(11(2)17)9-14(15)16/h6-7,9-11,13,17H,3-5,8H2,1-2H3/t10?,11-,13?/m0/s1. The normalized spacial score (nSPS) is 25.8. The van der Waals surface area contributed by atoms with Crippen molar-refractivity contribution in [2.75, 3.05) is 0 Å². The Labute approximate surface area is 114 Å². The van der Waals surface area contributed by atoms with Crippen LogP contribution >= 0.6 is 11.6 Å². The highest BCUT2D eigenvalue weighted by molar-refractivity contribution is 6.32. The lowest BCUT2D eigenvalue weighted by Crippen LogP contribution is -2.24. The summed E-state index contributed by atoms with van der Waals surface area (Å²) in [7, 11) is 0. The van der Waals surface area contributed by atoms with E-state index in [9.17, 15) is 5.11 Å². The van der Waals surface area contributed by atoms with Gasteiger partial charge in [-0.1, -0.05) is 31.0 Å². The van der Waals surface area contributed by atoms with E-state index in [1.165, 1.54) is 12.8 Å². The fourth-order valence-electron chi connectivity index (χ4n) is 2.54. The van der Waals surface area contributed by atoms with Gasteiger partial charge in [0.2, 0.25) is 0 Å². The van der Waals surface area contributed by atoms with Gasteiger partial charge in [-0.2, -0.15) is 0 Å². The number of hydrogen-bond donors (Lipinski definition) is 1. The molecule has 18 heavy (non-hydrogen) atoms. The molecule has 0 radical (unpaired) electrons. The summed E-state index contributed by atoms with van der Waals surface area (Å²) in [4.78, 5) is 0. The van der Waals surface area contributed by atoms with Crippen LogP contribution in [0.5, 0.6) is 5.75 Å². The molecule has 2 unspecified atom stereocenters. The van der Waals surface area contributed by atoms with Gasteiger partial charge in [0.05, 0.1) is 17.2 Å². The number of ether oxygens (including phenoxy) is 1. The van der Waals surface area contributed by atoms with E-state index in [2.05, 4.69) is 6.92 Å². The topological polar surface area (TPSA) is 29.5 Å². The largest absolute Gasteiger partial charge is 0.489 e. The third-order valence-electron chi connectivity index (χ3n) is 3.62. The van der Waals surface area contributed by atoms with Crippen LogP contribution in [0.4, 0.5) is 0 Å². The lowest BCUT2D eigenvalue weighted by molar-refractivity contribution is 0.129. The van der Waals surface area contributed by atoms with Gasteiger partial charge < -0.3 is 9.84 Å². The van der Waals surface area contributed by atoms with Gasteiger partial charge in [-0.25, -0.2) is 0 Å². The van der Waals surface area contributed by atoms with E-state index in [0.29, 0.717) is 5.02 Å². The molecule has 0 spiro atoms. The first-order valence-electron chi connectivity index (χ1n) is 6.70. The first-order valence-corrected chi connectivity index (χ1v) is 7.08. The van der Waals surface area contributed by atoms with Gasteiger partial charge in [-0.3, -0.25) is 0 Å². The minimum absolute atomic E-state index is 0.281. The molecule has 1 aliphatic carbocycles. The molecule has 0 bridgehead atoms. The molecule has 3 atom stereocenters. The smallest absolute Gasteiger partial charge is 0.138 e. The van der Waals surface area contributed by atoms with Crippen molar-refractivity contribution in [3.63, 3.8) is 0 Å². The number of halogens is 1. The second-order valence-electron chi connectivity index (χ2n) is 5.38. The quantitative estimate of drug-likeness (QED) is 0.883. The van der Waals surface area contributed by atoms with Crippen molar-refractivity contribution in [1.29, 1.82) is 0 Å². The maximum Gasteiger partial charge on any atom is 0.138 e. The van der Waals surface area contributed by atoms with Crippen molar-refractivity contribution in [1.82, 2.24) is 0 Å². The molecule has 2 rings (SSSR count). The van der Waals surface area contributed by atoms with E-state index in [1.54, 1.807) is 13.0 Å². The van der Waals surface area contributed by atoms with E-state index in [-0.39, 0.29) is 6.10 Å². The van der Waals surface area contributed by atoms with E-state index in [4.69, 9.17) is 16.3 Å². The first kappa shape index (κ1) is 13.7. The molecule has 1 saturated carbocycles. The van der Waals surface area contributed by atoms with Crippen LogP contribution in [0.2, 0.25) is 5.02 Å². The summed E-state index contributed by atoms with van der Waals surface area (Å²) in [5, 5.41) is 10.1. The predicted octanol–water partition coefficient (Wildman–Crippen LogP) is 4.35. The number of benzene rings is 1. The minimum atomic E-state index is -0.494. The molecule has 0 saturated heterocycles. The van der Waals surface area contributed by atoms with Gasteiger partial charge in [-0.05, 0) is 49.8 Å². The lowest BCUT2D eigenvalue weighted by Gasteiger charge is -2.27. The lowest BCUT2D eigenvalue weighted by atomic mass is 9.89. The highest BCUT2D eigenvalue weighted by Gasteiger charge is 2.21. The van der Waals surface area contributed by atoms with Crippen molar-refractivity contribution in [3.05, 3.63) is 28.8 Å². The van der Waals surface area contributed by atoms with Crippen molar-refractivity contribution in [2.24, 2.45) is 5.92 Å². The first-order chi connectivity index (χ1) is 8.56. The summed E-state index contributed by atoms with van der Waals surface area (Å²) in [6.45, 7) is 4.00. The SMILES string of the molecule is CC1CCCC(Oc2ccc([C@H](C)O)cc2Cl)C1. The third-order valence-corrected chi connectivity index (χ3v) is 3.92. The van der Waals surface area contributed by atoms with Gasteiger partial charge >= 0.3 is 0 Å². The zero-order chi connectivity index (χ0) is 13.1. The van der Waals surface area contributed by atoms with Gasteiger partial charge in [-0.15, -0.1) is 0 Å². The van der Waals surface area contributed by atoms with Crippen LogP contribution in [0.15, 0.2) is 18.2 Å². The van der Waals surface area contributed by atoms with Gasteiger partial charge in [0.25, 0.3) is 0 Å². The summed E-state index contributed by atoms with van der Waals surface area (Å²) >= 11 is 6.19. The Morgan fingerprint density at radius 1 is 1.39 bits per heavy atom. The van der Waals surface area contributed by atoms with Crippen LogP contribution in [0.25, 0.3) is 0 Å². The summed E-state index contributed by atoms with van der Waals surface area (Å²) in [6, 6.07) is 5.52. The van der Waals surface area contributed by atoms with Crippen molar-refractivity contribution in [2.45, 2.75) is 51.7 Å². The van der Waals surface area contributed by atoms with Crippen LogP contribution in [-0.2, 0) is 0 Å². The second kappa shape index (κ2) is 5.94. The minimum Gasteiger partial charge on any atom is -0.489 e. The van der Waals surface area contributed by atoms with Crippen LogP contribution in [0, 0.1) is 5.92 Å². The molecule has 0 heterocycles. The van der Waals surface area contributed by atoms with Crippen LogP contribution in [0.1, 0.15) is 51.2 Å². The number of rotatable bonds is 3. The van der Waals surface area contributed by atoms with Crippen LogP contribution in [0.3, 0.4) is 0 Å². The van der Waals surface area contributed by atoms with E-state index in [0.717, 1.165) is 30.1 Å². The summed E-state index contributed by atoms with van der Waals surface area (Å²) in [6.07, 6.45) is 4.53. The Bertz CT molecular complexity index is 403. The van der Waals surface area contributed by atoms with E-state index >= 15 is 0 Å². The van der Waals surface area contributed by atoms with Crippen molar-refractivity contribution >= 4 is 11.6 Å². The zero-order valence-corrected chi connectivity index (χ0v) is 11.8. The highest BCUT2D eigenvalue weighted by atomic mass is 35.5. The molecule has 100 valence electrons. The zero-order valence-electron chi connectivity index (χ0n) is 11.0. The molecule has 3 heteroatoms. The Kier molecular flexibility index (Phi) is 4.52. The number of aliphatic hydroxyl groups excluding tert-OH is 1. The Morgan fingerprint density at radius 2 is 2.17 bits per heavy atom. The van der Waals surface area contributed by atoms with Crippen LogP contribution in [-0.4, -0.2) is 11.2 Å². The molecular weight excluding hydrogens is 248 g/mol. The van der Waals surface area contributed by atoms with Crippen LogP contribution < -0.4 is 4.74 Å². The summed E-state index contributed by atoms with van der Waals surface area (Å²) < 4.78 is 5.98. The maximum absolute atomic E-state index is 9.50. The molecule has 0 aliphatic heterocycles. The summed E-state index contributed by atoms with van der Waals surface area (Å²) in [5.74, 6) is 1.47. The average molecular weight is 269 g/mol. The molecule has 2 nitrogen and oxygen atoms in total. The maximum atomic E-state index is 9.50. The fourth-order valence-corrected chi connectivity index (χ4v) is 2.77. The predicted molar refractivity (Wildman–Crippen MR) is 74.1 cm³/mol. The monoisotopic (exact) mass is 268 g/mol. The number of hydrogen-bond acceptors (Lipinski definition) is 2. The molecule has 1 fully saturated rings. The van der Waals surface area contributed by atoms with E-state index < -0.39 is 6.10 Å². The molecule has 1 aromatic carbocycles. The Balaban J connectivity index is 2.05. The molecule has 0 amide bonds. The fraction of sp³-hybridized carbons (Fsp3) is 0.600. The molecule has 1 aromatic rings. The summed E-state index contributed by atoms with van der Waals surface area (Å²) in [5.41, 5.74) is 0.823. The van der Waals surface area contributed by atoms with E-state index in [1.807, 2.05) is 12.1 Å². The van der Waals surface area contributed by atoms with Gasteiger partial charge in [0, 0.05) is 0 Å². The average Bonchev–Trinajstić information content (AvgIpc) is 2.31. The Morgan fingerprint density at radius 3 is 2.78 bits per heavy atom. The molecule has 1 N–H and O–H groups in total. The molecule has 0 aromatic heterocycles. The number of aliphatic hydroxyl groups is 1. The molecule has 1 aliphatic rings. The highest BCUT2D eigenvalue weighted by Crippen LogP contribution is 2.32. The van der Waals surface area contributed by atoms with Crippen molar-refractivity contribution in [3.8, 4) is 5.75 Å². The Hall–Kier alpha value is -0.730. The van der Waals surface area contributed by atoms with Gasteiger partial charge in [0.15, 0.2) is 0 Å². The van der Waals surface area contributed by atoms with Crippen molar-refractivity contribution < 1.29 is 9.84 Å². The second-order valence-corrected chi connectivity index (χ2v) is 5.78.